The molecular weight excluding hydrogens is 488 g/mol. The highest BCUT2D eigenvalue weighted by atomic mass is 32.2. The molecule has 0 heterocycles. The van der Waals surface area contributed by atoms with Crippen LogP contribution in [0.2, 0.25) is 0 Å². The van der Waals surface area contributed by atoms with Gasteiger partial charge in [0.25, 0.3) is 0 Å². The number of carboxylic acid groups (broad SMARTS) is 2. The predicted molar refractivity (Wildman–Crippen MR) is 136 cm³/mol. The number of amides is 3. The molecule has 0 aliphatic carbocycles. The van der Waals surface area contributed by atoms with Crippen molar-refractivity contribution in [3.63, 3.8) is 0 Å². The van der Waals surface area contributed by atoms with Gasteiger partial charge in [-0.15, -0.1) is 0 Å². The van der Waals surface area contributed by atoms with Crippen molar-refractivity contribution < 1.29 is 34.2 Å². The minimum absolute atomic E-state index is 0.0558. The lowest BCUT2D eigenvalue weighted by atomic mass is 10.0. The zero-order chi connectivity index (χ0) is 27.3. The van der Waals surface area contributed by atoms with E-state index in [4.69, 9.17) is 5.73 Å². The van der Waals surface area contributed by atoms with E-state index in [0.717, 1.165) is 5.56 Å². The van der Waals surface area contributed by atoms with Gasteiger partial charge in [0.1, 0.15) is 18.1 Å². The summed E-state index contributed by atoms with van der Waals surface area (Å²) in [5.41, 5.74) is 6.65. The third-order valence-electron chi connectivity index (χ3n) is 5.22. The first-order valence-corrected chi connectivity index (χ1v) is 13.0. The molecule has 1 aromatic carbocycles. The molecule has 200 valence electrons. The molecule has 4 atom stereocenters. The molecule has 0 aliphatic heterocycles. The van der Waals surface area contributed by atoms with Crippen molar-refractivity contribution in [2.45, 2.75) is 63.7 Å². The van der Waals surface area contributed by atoms with Crippen molar-refractivity contribution in [3.05, 3.63) is 35.9 Å². The highest BCUT2D eigenvalue weighted by molar-refractivity contribution is 7.98. The third-order valence-corrected chi connectivity index (χ3v) is 5.86. The fraction of sp³-hybridized carbons (Fsp3) is 0.542. The Balaban J connectivity index is 3.09. The summed E-state index contributed by atoms with van der Waals surface area (Å²) in [4.78, 5) is 61.5. The van der Waals surface area contributed by atoms with E-state index in [2.05, 4.69) is 16.0 Å². The number of hydrogen-bond donors (Lipinski definition) is 6. The lowest BCUT2D eigenvalue weighted by Crippen LogP contribution is -2.58. The summed E-state index contributed by atoms with van der Waals surface area (Å²) in [5.74, 6) is -4.34. The largest absolute Gasteiger partial charge is 0.481 e. The molecule has 1 aromatic rings. The van der Waals surface area contributed by atoms with Gasteiger partial charge in [-0.25, -0.2) is 4.79 Å². The van der Waals surface area contributed by atoms with Gasteiger partial charge in [-0.05, 0) is 36.3 Å². The number of carbonyl (C=O) groups is 5. The molecule has 7 N–H and O–H groups in total. The second-order valence-electron chi connectivity index (χ2n) is 8.83. The summed E-state index contributed by atoms with van der Waals surface area (Å²) in [6.45, 7) is 3.55. The Morgan fingerprint density at radius 3 is 1.97 bits per heavy atom. The van der Waals surface area contributed by atoms with Crippen molar-refractivity contribution >= 4 is 41.4 Å². The third kappa shape index (κ3) is 11.5. The number of aliphatic carboxylic acids is 2. The van der Waals surface area contributed by atoms with Crippen LogP contribution < -0.4 is 21.7 Å². The van der Waals surface area contributed by atoms with Gasteiger partial charge in [0.2, 0.25) is 17.7 Å². The fourth-order valence-electron chi connectivity index (χ4n) is 3.34. The standard InChI is InChI=1S/C24H36N4O7S/c1-14(2)11-19(24(34)35)28-23(33)18(13-20(29)30)27-22(32)17(12-15-7-5-4-6-8-15)26-21(31)16(25)9-10-36-3/h4-8,14,16-19H,9-13,25H2,1-3H3,(H,26,31)(H,27,32)(H,28,33)(H,29,30)(H,34,35). The van der Waals surface area contributed by atoms with E-state index < -0.39 is 60.2 Å². The van der Waals surface area contributed by atoms with Gasteiger partial charge in [0.15, 0.2) is 0 Å². The van der Waals surface area contributed by atoms with Crippen molar-refractivity contribution in [2.24, 2.45) is 11.7 Å². The molecule has 1 rings (SSSR count). The van der Waals surface area contributed by atoms with Crippen LogP contribution in [-0.2, 0) is 30.4 Å². The summed E-state index contributed by atoms with van der Waals surface area (Å²) < 4.78 is 0. The van der Waals surface area contributed by atoms with Gasteiger partial charge in [0, 0.05) is 6.42 Å². The lowest BCUT2D eigenvalue weighted by molar-refractivity contribution is -0.144. The quantitative estimate of drug-likeness (QED) is 0.177. The van der Waals surface area contributed by atoms with Gasteiger partial charge < -0.3 is 31.9 Å². The van der Waals surface area contributed by atoms with E-state index in [9.17, 15) is 34.2 Å². The van der Waals surface area contributed by atoms with Crippen molar-refractivity contribution in [1.29, 1.82) is 0 Å². The molecule has 11 nitrogen and oxygen atoms in total. The minimum atomic E-state index is -1.55. The number of carboxylic acids is 2. The van der Waals surface area contributed by atoms with Gasteiger partial charge in [-0.3, -0.25) is 19.2 Å². The summed E-state index contributed by atoms with van der Waals surface area (Å²) in [6, 6.07) is 4.03. The maximum atomic E-state index is 13.2. The molecule has 0 aliphatic rings. The SMILES string of the molecule is CSCCC(N)C(=O)NC(Cc1ccccc1)C(=O)NC(CC(=O)O)C(=O)NC(CC(C)C)C(=O)O. The summed E-state index contributed by atoms with van der Waals surface area (Å²) in [5, 5.41) is 25.9. The van der Waals surface area contributed by atoms with E-state index in [1.807, 2.05) is 6.26 Å². The second kappa shape index (κ2) is 15.8. The van der Waals surface area contributed by atoms with E-state index >= 15 is 0 Å². The Labute approximate surface area is 215 Å². The molecular formula is C24H36N4O7S. The summed E-state index contributed by atoms with van der Waals surface area (Å²) in [6.07, 6.45) is 1.68. The Kier molecular flexibility index (Phi) is 13.6. The molecule has 4 unspecified atom stereocenters. The molecule has 0 saturated carbocycles. The normalized spacial score (nSPS) is 14.2. The van der Waals surface area contributed by atoms with Gasteiger partial charge in [0.05, 0.1) is 12.5 Å². The van der Waals surface area contributed by atoms with Gasteiger partial charge >= 0.3 is 11.9 Å². The van der Waals surface area contributed by atoms with E-state index in [1.165, 1.54) is 11.8 Å². The number of rotatable bonds is 16. The maximum absolute atomic E-state index is 13.2. The summed E-state index contributed by atoms with van der Waals surface area (Å²) >= 11 is 1.52. The number of nitrogens with two attached hydrogens (primary N) is 1. The van der Waals surface area contributed by atoms with Crippen LogP contribution in [0, 0.1) is 5.92 Å². The number of thioether (sulfide) groups is 1. The van der Waals surface area contributed by atoms with Crippen LogP contribution in [0.4, 0.5) is 0 Å². The monoisotopic (exact) mass is 524 g/mol. The number of carbonyl (C=O) groups excluding carboxylic acids is 3. The molecule has 0 radical (unpaired) electrons. The topological polar surface area (TPSA) is 188 Å². The first-order valence-electron chi connectivity index (χ1n) is 11.6. The maximum Gasteiger partial charge on any atom is 0.326 e. The lowest BCUT2D eigenvalue weighted by Gasteiger charge is -2.25. The Morgan fingerprint density at radius 2 is 1.44 bits per heavy atom. The van der Waals surface area contributed by atoms with E-state index in [-0.39, 0.29) is 18.8 Å². The van der Waals surface area contributed by atoms with Crippen molar-refractivity contribution in [1.82, 2.24) is 16.0 Å². The van der Waals surface area contributed by atoms with Gasteiger partial charge in [-0.1, -0.05) is 44.2 Å². The van der Waals surface area contributed by atoms with Gasteiger partial charge in [-0.2, -0.15) is 11.8 Å². The average molecular weight is 525 g/mol. The number of nitrogens with one attached hydrogen (secondary N) is 3. The van der Waals surface area contributed by atoms with E-state index in [1.54, 1.807) is 44.2 Å². The molecule has 0 aromatic heterocycles. The number of benzene rings is 1. The Morgan fingerprint density at radius 1 is 0.889 bits per heavy atom. The molecule has 0 spiro atoms. The van der Waals surface area contributed by atoms with Crippen molar-refractivity contribution in [2.75, 3.05) is 12.0 Å². The molecule has 0 bridgehead atoms. The number of hydrogen-bond acceptors (Lipinski definition) is 7. The van der Waals surface area contributed by atoms with Crippen LogP contribution in [0.25, 0.3) is 0 Å². The van der Waals surface area contributed by atoms with Crippen LogP contribution in [0.1, 0.15) is 38.7 Å². The second-order valence-corrected chi connectivity index (χ2v) is 9.81. The van der Waals surface area contributed by atoms with Crippen LogP contribution in [0.3, 0.4) is 0 Å². The molecule has 3 amide bonds. The molecule has 0 fully saturated rings. The average Bonchev–Trinajstić information content (AvgIpc) is 2.80. The molecule has 12 heteroatoms. The highest BCUT2D eigenvalue weighted by Crippen LogP contribution is 2.08. The van der Waals surface area contributed by atoms with Crippen LogP contribution in [-0.4, -0.2) is 76.0 Å². The van der Waals surface area contributed by atoms with Crippen LogP contribution >= 0.6 is 11.8 Å². The Hall–Kier alpha value is -3.12. The van der Waals surface area contributed by atoms with Crippen LogP contribution in [0.15, 0.2) is 30.3 Å². The predicted octanol–water partition coefficient (Wildman–Crippen LogP) is 0.369. The fourth-order valence-corrected chi connectivity index (χ4v) is 3.82. The van der Waals surface area contributed by atoms with Crippen LogP contribution in [0.5, 0.6) is 0 Å². The zero-order valence-corrected chi connectivity index (χ0v) is 21.5. The first-order chi connectivity index (χ1) is 16.9. The van der Waals surface area contributed by atoms with E-state index in [0.29, 0.717) is 12.2 Å². The Bertz CT molecular complexity index is 898. The highest BCUT2D eigenvalue weighted by Gasteiger charge is 2.32. The minimum Gasteiger partial charge on any atom is -0.481 e. The molecule has 0 saturated heterocycles. The smallest absolute Gasteiger partial charge is 0.326 e. The first kappa shape index (κ1) is 30.9. The van der Waals surface area contributed by atoms with Crippen molar-refractivity contribution in [3.8, 4) is 0 Å². The zero-order valence-electron chi connectivity index (χ0n) is 20.7. The summed E-state index contributed by atoms with van der Waals surface area (Å²) in [7, 11) is 0. The molecule has 36 heavy (non-hydrogen) atoms.